The third kappa shape index (κ3) is 5.49. The van der Waals surface area contributed by atoms with Gasteiger partial charge in [-0.1, -0.05) is 84.9 Å². The van der Waals surface area contributed by atoms with E-state index in [0.29, 0.717) is 0 Å². The standard InChI is InChI=1S/C44H26N6O7/c45-35-27(19-29(47-41(55)21-11-3-1-4-12-21)31-33(35)39(53)25-17-9-7-15-23(25)37(31)51)43-49-50-44(57-43)28-20-30(48-42(56)22-13-5-2-6-14-22)32-34(36(28)46)40(54)26-18-10-8-16-24(26)38(32)52/h1-20H,45-46H2,(H,47,55)(H,48,56). The molecule has 9 rings (SSSR count). The fourth-order valence-electron chi connectivity index (χ4n) is 7.20. The maximum Gasteiger partial charge on any atom is 0.255 e. The van der Waals surface area contributed by atoms with Crippen molar-refractivity contribution in [3.8, 4) is 22.9 Å². The highest BCUT2D eigenvalue weighted by Gasteiger charge is 2.38. The van der Waals surface area contributed by atoms with Gasteiger partial charge < -0.3 is 26.5 Å². The van der Waals surface area contributed by atoms with E-state index in [-0.39, 0.29) is 101 Å². The van der Waals surface area contributed by atoms with E-state index in [9.17, 15) is 28.8 Å². The Morgan fingerprint density at radius 1 is 0.439 bits per heavy atom. The van der Waals surface area contributed by atoms with Crippen LogP contribution in [0.3, 0.4) is 0 Å². The van der Waals surface area contributed by atoms with E-state index in [1.807, 2.05) is 0 Å². The predicted octanol–water partition coefficient (Wildman–Crippen LogP) is 6.62. The molecule has 0 aliphatic heterocycles. The van der Waals surface area contributed by atoms with Crippen LogP contribution < -0.4 is 22.1 Å². The summed E-state index contributed by atoms with van der Waals surface area (Å²) >= 11 is 0. The number of carbonyl (C=O) groups is 6. The van der Waals surface area contributed by atoms with Gasteiger partial charge in [0, 0.05) is 33.4 Å². The van der Waals surface area contributed by atoms with Crippen LogP contribution in [0.25, 0.3) is 22.9 Å². The van der Waals surface area contributed by atoms with Gasteiger partial charge in [-0.05, 0) is 36.4 Å². The van der Waals surface area contributed by atoms with Crippen LogP contribution in [-0.4, -0.2) is 45.1 Å². The highest BCUT2D eigenvalue weighted by atomic mass is 16.4. The van der Waals surface area contributed by atoms with Crippen molar-refractivity contribution in [2.45, 2.75) is 0 Å². The molecule has 0 radical (unpaired) electrons. The molecule has 6 N–H and O–H groups in total. The third-order valence-electron chi connectivity index (χ3n) is 9.93. The number of nitrogens with two attached hydrogens (primary N) is 2. The molecular formula is C44H26N6O7. The Morgan fingerprint density at radius 2 is 0.754 bits per heavy atom. The number of hydrogen-bond donors (Lipinski definition) is 4. The molecule has 6 aromatic carbocycles. The number of amides is 2. The van der Waals surface area contributed by atoms with E-state index in [4.69, 9.17) is 15.9 Å². The Bertz CT molecular complexity index is 2740. The van der Waals surface area contributed by atoms with Gasteiger partial charge in [0.15, 0.2) is 23.1 Å². The highest BCUT2D eigenvalue weighted by Crippen LogP contribution is 2.44. The maximum atomic E-state index is 14.0. The second kappa shape index (κ2) is 13.2. The second-order valence-corrected chi connectivity index (χ2v) is 13.2. The number of nitrogens with zero attached hydrogens (tertiary/aromatic N) is 2. The molecule has 13 nitrogen and oxygen atoms in total. The largest absolute Gasteiger partial charge is 0.416 e. The molecule has 7 aromatic rings. The highest BCUT2D eigenvalue weighted by molar-refractivity contribution is 6.34. The van der Waals surface area contributed by atoms with Gasteiger partial charge in [-0.3, -0.25) is 28.8 Å². The van der Waals surface area contributed by atoms with Crippen molar-refractivity contribution in [1.82, 2.24) is 10.2 Å². The van der Waals surface area contributed by atoms with E-state index in [1.54, 1.807) is 84.9 Å². The minimum Gasteiger partial charge on any atom is -0.416 e. The normalized spacial score (nSPS) is 12.6. The molecule has 2 amide bonds. The van der Waals surface area contributed by atoms with Gasteiger partial charge in [0.2, 0.25) is 11.8 Å². The number of ketones is 4. The number of carbonyl (C=O) groups excluding carboxylic acids is 6. The van der Waals surface area contributed by atoms with Crippen molar-refractivity contribution in [3.63, 3.8) is 0 Å². The van der Waals surface area contributed by atoms with Crippen LogP contribution in [0.15, 0.2) is 126 Å². The predicted molar refractivity (Wildman–Crippen MR) is 209 cm³/mol. The van der Waals surface area contributed by atoms with E-state index in [2.05, 4.69) is 20.8 Å². The third-order valence-corrected chi connectivity index (χ3v) is 9.93. The van der Waals surface area contributed by atoms with E-state index >= 15 is 0 Å². The van der Waals surface area contributed by atoms with Gasteiger partial charge in [0.25, 0.3) is 11.8 Å². The quantitative estimate of drug-likeness (QED) is 0.132. The molecule has 0 spiro atoms. The molecule has 57 heavy (non-hydrogen) atoms. The molecule has 0 saturated carbocycles. The summed E-state index contributed by atoms with van der Waals surface area (Å²) in [6, 6.07) is 31.8. The Hall–Kier alpha value is -8.32. The van der Waals surface area contributed by atoms with Crippen LogP contribution in [0.4, 0.5) is 22.7 Å². The first-order valence-corrected chi connectivity index (χ1v) is 17.5. The summed E-state index contributed by atoms with van der Waals surface area (Å²) in [5.74, 6) is -3.77. The summed E-state index contributed by atoms with van der Waals surface area (Å²) in [7, 11) is 0. The number of anilines is 4. The van der Waals surface area contributed by atoms with E-state index < -0.39 is 34.9 Å². The minimum atomic E-state index is -0.563. The first-order chi connectivity index (χ1) is 27.6. The molecule has 0 atom stereocenters. The monoisotopic (exact) mass is 750 g/mol. The van der Waals surface area contributed by atoms with Crippen molar-refractivity contribution < 1.29 is 33.2 Å². The number of rotatable bonds is 6. The molecule has 2 aliphatic carbocycles. The zero-order valence-corrected chi connectivity index (χ0v) is 29.5. The van der Waals surface area contributed by atoms with Gasteiger partial charge in [0.1, 0.15) is 0 Å². The number of nitrogens with one attached hydrogen (secondary N) is 2. The molecule has 2 aliphatic rings. The van der Waals surface area contributed by atoms with Crippen LogP contribution >= 0.6 is 0 Å². The summed E-state index contributed by atoms with van der Waals surface area (Å²) in [4.78, 5) is 82.9. The Labute approximate surface area is 322 Å². The Kier molecular flexibility index (Phi) is 7.98. The minimum absolute atomic E-state index is 0.00529. The first kappa shape index (κ1) is 34.4. The topological polar surface area (TPSA) is 217 Å². The van der Waals surface area contributed by atoms with Crippen LogP contribution in [0.1, 0.15) is 84.4 Å². The maximum absolute atomic E-state index is 14.0. The molecule has 13 heteroatoms. The lowest BCUT2D eigenvalue weighted by atomic mass is 9.81. The van der Waals surface area contributed by atoms with E-state index in [0.717, 1.165) is 0 Å². The Morgan fingerprint density at radius 3 is 1.11 bits per heavy atom. The zero-order chi connectivity index (χ0) is 39.5. The summed E-state index contributed by atoms with van der Waals surface area (Å²) in [5.41, 5.74) is 13.5. The number of hydrogen-bond acceptors (Lipinski definition) is 11. The molecule has 1 heterocycles. The van der Waals surface area contributed by atoms with Crippen molar-refractivity contribution in [2.24, 2.45) is 0 Å². The van der Waals surface area contributed by atoms with Gasteiger partial charge >= 0.3 is 0 Å². The van der Waals surface area contributed by atoms with Crippen LogP contribution in [0, 0.1) is 0 Å². The first-order valence-electron chi connectivity index (χ1n) is 17.5. The smallest absolute Gasteiger partial charge is 0.255 e. The molecule has 0 bridgehead atoms. The average Bonchev–Trinajstić information content (AvgIpc) is 3.73. The SMILES string of the molecule is Nc1c(-c2nnc(-c3cc(NC(=O)c4ccccc4)c4c(c3N)C(=O)c3ccccc3C4=O)o2)cc(NC(=O)c2ccccc2)c2c1C(=O)c1ccccc1C2=O. The molecule has 0 fully saturated rings. The number of benzene rings is 6. The van der Waals surface area contributed by atoms with Gasteiger partial charge in [-0.15, -0.1) is 10.2 Å². The molecular weight excluding hydrogens is 725 g/mol. The lowest BCUT2D eigenvalue weighted by molar-refractivity contribution is 0.0979. The fraction of sp³-hybridized carbons (Fsp3) is 0. The number of aromatic nitrogens is 2. The lowest BCUT2D eigenvalue weighted by Gasteiger charge is -2.23. The molecule has 0 unspecified atom stereocenters. The van der Waals surface area contributed by atoms with Gasteiger partial charge in [0.05, 0.1) is 56.1 Å². The summed E-state index contributed by atoms with van der Waals surface area (Å²) in [6.07, 6.45) is 0. The Balaban J connectivity index is 1.20. The van der Waals surface area contributed by atoms with Crippen molar-refractivity contribution >= 4 is 57.7 Å². The number of fused-ring (bicyclic) bond motifs is 4. The van der Waals surface area contributed by atoms with Crippen molar-refractivity contribution in [1.29, 1.82) is 0 Å². The summed E-state index contributed by atoms with van der Waals surface area (Å²) in [5, 5.41) is 13.9. The molecule has 0 saturated heterocycles. The van der Waals surface area contributed by atoms with E-state index in [1.165, 1.54) is 36.4 Å². The second-order valence-electron chi connectivity index (χ2n) is 13.2. The zero-order valence-electron chi connectivity index (χ0n) is 29.5. The van der Waals surface area contributed by atoms with Crippen molar-refractivity contribution in [2.75, 3.05) is 22.1 Å². The van der Waals surface area contributed by atoms with Gasteiger partial charge in [-0.25, -0.2) is 0 Å². The molecule has 1 aromatic heterocycles. The summed E-state index contributed by atoms with van der Waals surface area (Å²) in [6.45, 7) is 0. The average molecular weight is 751 g/mol. The molecule has 274 valence electrons. The summed E-state index contributed by atoms with van der Waals surface area (Å²) < 4.78 is 6.15. The van der Waals surface area contributed by atoms with Crippen LogP contribution in [0.5, 0.6) is 0 Å². The number of nitrogen functional groups attached to an aromatic ring is 2. The van der Waals surface area contributed by atoms with Crippen molar-refractivity contribution in [3.05, 3.63) is 177 Å². The fourth-order valence-corrected chi connectivity index (χ4v) is 7.20. The van der Waals surface area contributed by atoms with Crippen LogP contribution in [-0.2, 0) is 0 Å². The van der Waals surface area contributed by atoms with Gasteiger partial charge in [-0.2, -0.15) is 0 Å². The van der Waals surface area contributed by atoms with Crippen LogP contribution in [0.2, 0.25) is 0 Å². The lowest BCUT2D eigenvalue weighted by Crippen LogP contribution is -2.25.